The molecule has 9 nitrogen and oxygen atoms in total. The summed E-state index contributed by atoms with van der Waals surface area (Å²) in [6.45, 7) is -0.0577. The van der Waals surface area contributed by atoms with Crippen molar-refractivity contribution in [2.24, 2.45) is 0 Å². The average Bonchev–Trinajstić information content (AvgIpc) is 2.98. The lowest BCUT2D eigenvalue weighted by Gasteiger charge is -2.36. The van der Waals surface area contributed by atoms with E-state index in [2.05, 4.69) is 5.32 Å². The number of rotatable bonds is 13. The Balaban J connectivity index is 1.49. The van der Waals surface area contributed by atoms with E-state index in [1.54, 1.807) is 42.5 Å². The molecule has 10 heteroatoms. The van der Waals surface area contributed by atoms with Gasteiger partial charge in [0.1, 0.15) is 0 Å². The topological polar surface area (TPSA) is 142 Å². The van der Waals surface area contributed by atoms with Crippen molar-refractivity contribution < 1.29 is 39.2 Å². The number of aliphatic hydroxyl groups excluding tert-OH is 1. The van der Waals surface area contributed by atoms with E-state index in [0.29, 0.717) is 41.2 Å². The van der Waals surface area contributed by atoms with E-state index in [9.17, 15) is 24.6 Å². The summed E-state index contributed by atoms with van der Waals surface area (Å²) in [5.41, 5.74) is 3.26. The van der Waals surface area contributed by atoms with Gasteiger partial charge in [0.2, 0.25) is 5.91 Å². The van der Waals surface area contributed by atoms with Gasteiger partial charge in [0.05, 0.1) is 24.4 Å². The highest BCUT2D eigenvalue weighted by Crippen LogP contribution is 2.40. The Hall–Kier alpha value is -3.70. The number of carbonyl (C=O) groups is 3. The van der Waals surface area contributed by atoms with Crippen LogP contribution in [0.2, 0.25) is 0 Å². The second kappa shape index (κ2) is 14.8. The van der Waals surface area contributed by atoms with Crippen LogP contribution in [0.15, 0.2) is 77.7 Å². The van der Waals surface area contributed by atoms with Gasteiger partial charge in [-0.05, 0) is 48.2 Å². The molecule has 1 heterocycles. The summed E-state index contributed by atoms with van der Waals surface area (Å²) < 4.78 is 12.7. The molecule has 3 aromatic rings. The summed E-state index contributed by atoms with van der Waals surface area (Å²) in [5.74, 6) is -1.56. The molecule has 1 aliphatic rings. The molecule has 0 unspecified atom stereocenters. The molecule has 1 saturated heterocycles. The van der Waals surface area contributed by atoms with E-state index in [0.717, 1.165) is 11.1 Å². The van der Waals surface area contributed by atoms with E-state index < -0.39 is 18.2 Å². The van der Waals surface area contributed by atoms with Crippen LogP contribution in [0.3, 0.4) is 0 Å². The van der Waals surface area contributed by atoms with Crippen LogP contribution in [0.1, 0.15) is 71.5 Å². The summed E-state index contributed by atoms with van der Waals surface area (Å²) in [5, 5.41) is 30.6. The van der Waals surface area contributed by atoms with Gasteiger partial charge in [-0.3, -0.25) is 9.59 Å². The molecule has 3 atom stereocenters. The molecule has 0 radical (unpaired) electrons. The minimum atomic E-state index is -0.985. The standard InChI is InChI=1S/C31H33NO8S/c33-18-20-12-14-21(15-13-20)26-17-24(19-41-27-9-2-1-8-25(27)30(37)38)39-31(40-26)22-6-5-7-23(16-22)32-28(34)10-3-4-11-29(35)36/h1-2,5-9,12-16,24,26,31,33H,3-4,10-11,17-19H2,(H,32,34)(H,35,36)(H,37,38)/t24-,26+,31+/m0/s1. The lowest BCUT2D eigenvalue weighted by atomic mass is 10.0. The summed E-state index contributed by atoms with van der Waals surface area (Å²) in [6, 6.07) is 21.6. The SMILES string of the molecule is O=C(O)CCCCC(=O)Nc1cccc([C@@H]2O[C@H](CSc3ccccc3C(=O)O)C[C@H](c3ccc(CO)cc3)O2)c1. The molecule has 0 saturated carbocycles. The minimum Gasteiger partial charge on any atom is -0.481 e. The summed E-state index contributed by atoms with van der Waals surface area (Å²) in [7, 11) is 0. The number of carboxylic acids is 2. The molecule has 4 rings (SSSR count). The lowest BCUT2D eigenvalue weighted by molar-refractivity contribution is -0.245. The number of aliphatic hydroxyl groups is 1. The average molecular weight is 580 g/mol. The molecule has 1 aliphatic heterocycles. The fourth-order valence-electron chi connectivity index (χ4n) is 4.52. The van der Waals surface area contributed by atoms with Gasteiger partial charge in [0.15, 0.2) is 6.29 Å². The molecule has 41 heavy (non-hydrogen) atoms. The largest absolute Gasteiger partial charge is 0.481 e. The van der Waals surface area contributed by atoms with Crippen LogP contribution in [-0.2, 0) is 25.7 Å². The first-order valence-corrected chi connectivity index (χ1v) is 14.4. The van der Waals surface area contributed by atoms with E-state index in [1.807, 2.05) is 30.3 Å². The summed E-state index contributed by atoms with van der Waals surface area (Å²) in [6.07, 6.45) is 0.395. The van der Waals surface area contributed by atoms with Gasteiger partial charge in [-0.15, -0.1) is 11.8 Å². The number of ether oxygens (including phenoxy) is 2. The van der Waals surface area contributed by atoms with Crippen molar-refractivity contribution >= 4 is 35.3 Å². The highest BCUT2D eigenvalue weighted by Gasteiger charge is 2.32. The molecule has 0 bridgehead atoms. The highest BCUT2D eigenvalue weighted by atomic mass is 32.2. The Kier molecular flexibility index (Phi) is 10.9. The third-order valence-corrected chi connectivity index (χ3v) is 7.85. The zero-order valence-electron chi connectivity index (χ0n) is 22.4. The van der Waals surface area contributed by atoms with Crippen molar-refractivity contribution in [2.75, 3.05) is 11.1 Å². The van der Waals surface area contributed by atoms with Gasteiger partial charge >= 0.3 is 11.9 Å². The van der Waals surface area contributed by atoms with Gasteiger partial charge in [0, 0.05) is 41.2 Å². The number of hydrogen-bond donors (Lipinski definition) is 4. The molecular formula is C31H33NO8S. The van der Waals surface area contributed by atoms with Gasteiger partial charge in [-0.25, -0.2) is 4.79 Å². The van der Waals surface area contributed by atoms with E-state index in [-0.39, 0.29) is 43.1 Å². The van der Waals surface area contributed by atoms with Crippen LogP contribution in [-0.4, -0.2) is 45.0 Å². The molecule has 4 N–H and O–H groups in total. The molecule has 1 amide bonds. The first-order chi connectivity index (χ1) is 19.8. The predicted octanol–water partition coefficient (Wildman–Crippen LogP) is 5.80. The monoisotopic (exact) mass is 579 g/mol. The second-order valence-corrected chi connectivity index (χ2v) is 10.8. The van der Waals surface area contributed by atoms with Gasteiger partial charge < -0.3 is 30.1 Å². The molecule has 216 valence electrons. The van der Waals surface area contributed by atoms with Gasteiger partial charge in [0.25, 0.3) is 0 Å². The Morgan fingerprint density at radius 1 is 0.878 bits per heavy atom. The smallest absolute Gasteiger partial charge is 0.336 e. The quantitative estimate of drug-likeness (QED) is 0.146. The Bertz CT molecular complexity index is 1350. The first-order valence-electron chi connectivity index (χ1n) is 13.4. The van der Waals surface area contributed by atoms with E-state index in [1.165, 1.54) is 11.8 Å². The number of aromatic carboxylic acids is 1. The fraction of sp³-hybridized carbons (Fsp3) is 0.323. The van der Waals surface area contributed by atoms with Crippen molar-refractivity contribution in [1.29, 1.82) is 0 Å². The fourth-order valence-corrected chi connectivity index (χ4v) is 5.59. The number of thioether (sulfide) groups is 1. The maximum atomic E-state index is 12.4. The van der Waals surface area contributed by atoms with Crippen LogP contribution in [0.25, 0.3) is 0 Å². The van der Waals surface area contributed by atoms with Crippen LogP contribution >= 0.6 is 11.8 Å². The van der Waals surface area contributed by atoms with Gasteiger partial charge in [-0.1, -0.05) is 48.5 Å². The number of hydrogen-bond acceptors (Lipinski definition) is 7. The van der Waals surface area contributed by atoms with Crippen LogP contribution in [0.5, 0.6) is 0 Å². The molecule has 0 aromatic heterocycles. The summed E-state index contributed by atoms with van der Waals surface area (Å²) in [4.78, 5) is 35.4. The van der Waals surface area contributed by atoms with Gasteiger partial charge in [-0.2, -0.15) is 0 Å². The predicted molar refractivity (Wildman–Crippen MR) is 154 cm³/mol. The third kappa shape index (κ3) is 8.89. The van der Waals surface area contributed by atoms with Crippen molar-refractivity contribution in [1.82, 2.24) is 0 Å². The van der Waals surface area contributed by atoms with Crippen LogP contribution in [0, 0.1) is 0 Å². The van der Waals surface area contributed by atoms with Crippen molar-refractivity contribution in [3.8, 4) is 0 Å². The van der Waals surface area contributed by atoms with Crippen LogP contribution in [0.4, 0.5) is 5.69 Å². The third-order valence-electron chi connectivity index (χ3n) is 6.64. The molecule has 1 fully saturated rings. The van der Waals surface area contributed by atoms with E-state index >= 15 is 0 Å². The number of carboxylic acid groups (broad SMARTS) is 2. The molecular weight excluding hydrogens is 546 g/mol. The van der Waals surface area contributed by atoms with Crippen molar-refractivity contribution in [3.63, 3.8) is 0 Å². The Labute approximate surface area is 242 Å². The van der Waals surface area contributed by atoms with Crippen molar-refractivity contribution in [3.05, 3.63) is 95.1 Å². The maximum Gasteiger partial charge on any atom is 0.336 e. The first kappa shape index (κ1) is 30.3. The second-order valence-electron chi connectivity index (χ2n) is 9.74. The number of anilines is 1. The number of carbonyl (C=O) groups excluding carboxylic acids is 1. The van der Waals surface area contributed by atoms with Crippen LogP contribution < -0.4 is 5.32 Å². The minimum absolute atomic E-state index is 0.0321. The molecule has 0 spiro atoms. The lowest BCUT2D eigenvalue weighted by Crippen LogP contribution is -2.31. The summed E-state index contributed by atoms with van der Waals surface area (Å²) >= 11 is 1.42. The number of nitrogens with one attached hydrogen (secondary N) is 1. The Morgan fingerprint density at radius 3 is 2.37 bits per heavy atom. The van der Waals surface area contributed by atoms with Crippen molar-refractivity contribution in [2.45, 2.75) is 62.1 Å². The molecule has 0 aliphatic carbocycles. The maximum absolute atomic E-state index is 12.4. The Morgan fingerprint density at radius 2 is 1.63 bits per heavy atom. The van der Waals surface area contributed by atoms with E-state index in [4.69, 9.17) is 14.6 Å². The number of benzene rings is 3. The zero-order chi connectivity index (χ0) is 29.2. The molecule has 3 aromatic carbocycles. The highest BCUT2D eigenvalue weighted by molar-refractivity contribution is 7.99. The zero-order valence-corrected chi connectivity index (χ0v) is 23.2. The normalized spacial score (nSPS) is 18.5. The number of aliphatic carboxylic acids is 1. The number of unbranched alkanes of at least 4 members (excludes halogenated alkanes) is 1. The number of amides is 1.